The highest BCUT2D eigenvalue weighted by Gasteiger charge is 2.11. The molecule has 16 heavy (non-hydrogen) atoms. The quantitative estimate of drug-likeness (QED) is 0.592. The normalized spacial score (nSPS) is 11.6. The van der Waals surface area contributed by atoms with Gasteiger partial charge in [0.25, 0.3) is 0 Å². The first-order valence-corrected chi connectivity index (χ1v) is 5.20. The highest BCUT2D eigenvalue weighted by Crippen LogP contribution is 2.07. The van der Waals surface area contributed by atoms with Gasteiger partial charge in [0.15, 0.2) is 0 Å². The summed E-state index contributed by atoms with van der Waals surface area (Å²) in [5.74, 6) is -0.704. The number of anilines is 1. The number of carboxylic acid groups (broad SMARTS) is 1. The molecule has 0 aliphatic heterocycles. The molecule has 1 rings (SSSR count). The second-order valence-electron chi connectivity index (χ2n) is 3.94. The number of hydrogen-bond acceptors (Lipinski definition) is 3. The summed E-state index contributed by atoms with van der Waals surface area (Å²) in [6, 6.07) is 9.28. The summed E-state index contributed by atoms with van der Waals surface area (Å²) in [5.41, 5.74) is 3.67. The summed E-state index contributed by atoms with van der Waals surface area (Å²) < 4.78 is 0. The molecule has 0 saturated heterocycles. The molecule has 1 aromatic carbocycles. The summed E-state index contributed by atoms with van der Waals surface area (Å²) in [5, 5.41) is 12.8. The Bertz CT molecular complexity index is 372. The Morgan fingerprint density at radius 3 is 2.50 bits per heavy atom. The average molecular weight is 220 g/mol. The van der Waals surface area contributed by atoms with Crippen molar-refractivity contribution >= 4 is 17.4 Å². The van der Waals surface area contributed by atoms with Gasteiger partial charge >= 0.3 is 5.97 Å². The van der Waals surface area contributed by atoms with Crippen LogP contribution >= 0.6 is 0 Å². The molecular formula is C12H16N2O2. The van der Waals surface area contributed by atoms with Crippen LogP contribution in [0, 0.1) is 5.92 Å². The lowest BCUT2D eigenvalue weighted by molar-refractivity contribution is -0.129. The number of aliphatic carboxylic acids is 1. The molecule has 0 fully saturated rings. The van der Waals surface area contributed by atoms with E-state index in [2.05, 4.69) is 10.5 Å². The van der Waals surface area contributed by atoms with Gasteiger partial charge in [0, 0.05) is 6.42 Å². The highest BCUT2D eigenvalue weighted by atomic mass is 16.4. The Kier molecular flexibility index (Phi) is 4.51. The zero-order valence-corrected chi connectivity index (χ0v) is 9.47. The summed E-state index contributed by atoms with van der Waals surface area (Å²) in [6.45, 7) is 3.92. The van der Waals surface area contributed by atoms with Crippen LogP contribution in [0.15, 0.2) is 35.4 Å². The van der Waals surface area contributed by atoms with Crippen molar-refractivity contribution in [1.82, 2.24) is 0 Å². The van der Waals surface area contributed by atoms with E-state index in [1.807, 2.05) is 44.2 Å². The van der Waals surface area contributed by atoms with E-state index in [1.54, 1.807) is 0 Å². The van der Waals surface area contributed by atoms with Crippen molar-refractivity contribution in [3.8, 4) is 0 Å². The molecule has 0 aliphatic rings. The number of hydrogen-bond donors (Lipinski definition) is 2. The maximum Gasteiger partial charge on any atom is 0.352 e. The fraction of sp³-hybridized carbons (Fsp3) is 0.333. The van der Waals surface area contributed by atoms with Crippen molar-refractivity contribution in [2.75, 3.05) is 5.43 Å². The third-order valence-corrected chi connectivity index (χ3v) is 1.94. The van der Waals surface area contributed by atoms with E-state index in [4.69, 9.17) is 5.11 Å². The van der Waals surface area contributed by atoms with Crippen molar-refractivity contribution in [1.29, 1.82) is 0 Å². The molecule has 86 valence electrons. The topological polar surface area (TPSA) is 61.7 Å². The SMILES string of the molecule is CC(C)C/C(=N\Nc1ccccc1)C(=O)O. The molecule has 0 unspecified atom stereocenters. The molecule has 0 radical (unpaired) electrons. The molecule has 2 N–H and O–H groups in total. The van der Waals surface area contributed by atoms with Crippen molar-refractivity contribution in [2.45, 2.75) is 20.3 Å². The van der Waals surface area contributed by atoms with Crippen LogP contribution in [0.25, 0.3) is 0 Å². The zero-order chi connectivity index (χ0) is 12.0. The molecule has 0 aromatic heterocycles. The number of para-hydroxylation sites is 1. The third kappa shape index (κ3) is 4.13. The van der Waals surface area contributed by atoms with Gasteiger partial charge in [-0.05, 0) is 18.1 Å². The smallest absolute Gasteiger partial charge is 0.352 e. The minimum absolute atomic E-state index is 0.152. The lowest BCUT2D eigenvalue weighted by Gasteiger charge is -2.05. The number of rotatable bonds is 5. The Morgan fingerprint density at radius 2 is 2.00 bits per heavy atom. The molecule has 0 heterocycles. The first-order valence-electron chi connectivity index (χ1n) is 5.20. The molecular weight excluding hydrogens is 204 g/mol. The van der Waals surface area contributed by atoms with Gasteiger partial charge in [-0.25, -0.2) is 4.79 Å². The van der Waals surface area contributed by atoms with Crippen LogP contribution in [-0.4, -0.2) is 16.8 Å². The molecule has 0 atom stereocenters. The summed E-state index contributed by atoms with van der Waals surface area (Å²) in [4.78, 5) is 10.9. The predicted molar refractivity (Wildman–Crippen MR) is 64.6 cm³/mol. The van der Waals surface area contributed by atoms with Gasteiger partial charge in [0.2, 0.25) is 0 Å². The zero-order valence-electron chi connectivity index (χ0n) is 9.47. The van der Waals surface area contributed by atoms with Gasteiger partial charge in [-0.3, -0.25) is 5.43 Å². The van der Waals surface area contributed by atoms with Gasteiger partial charge in [-0.15, -0.1) is 0 Å². The Labute approximate surface area is 95.0 Å². The molecule has 1 aromatic rings. The average Bonchev–Trinajstić information content (AvgIpc) is 2.25. The number of carboxylic acids is 1. The van der Waals surface area contributed by atoms with E-state index >= 15 is 0 Å². The van der Waals surface area contributed by atoms with Crippen LogP contribution in [-0.2, 0) is 4.79 Å². The fourth-order valence-corrected chi connectivity index (χ4v) is 1.21. The first kappa shape index (κ1) is 12.2. The molecule has 0 saturated carbocycles. The fourth-order valence-electron chi connectivity index (χ4n) is 1.21. The van der Waals surface area contributed by atoms with E-state index in [0.717, 1.165) is 5.69 Å². The monoisotopic (exact) mass is 220 g/mol. The Balaban J connectivity index is 2.68. The van der Waals surface area contributed by atoms with E-state index in [9.17, 15) is 4.79 Å². The number of nitrogens with zero attached hydrogens (tertiary/aromatic N) is 1. The van der Waals surface area contributed by atoms with Crippen LogP contribution in [0.5, 0.6) is 0 Å². The summed E-state index contributed by atoms with van der Waals surface area (Å²) >= 11 is 0. The maximum absolute atomic E-state index is 10.9. The largest absolute Gasteiger partial charge is 0.477 e. The van der Waals surface area contributed by atoms with E-state index in [-0.39, 0.29) is 11.6 Å². The van der Waals surface area contributed by atoms with Gasteiger partial charge in [0.1, 0.15) is 5.71 Å². The maximum atomic E-state index is 10.9. The van der Waals surface area contributed by atoms with E-state index in [0.29, 0.717) is 6.42 Å². The van der Waals surface area contributed by atoms with Crippen molar-refractivity contribution < 1.29 is 9.90 Å². The molecule has 0 spiro atoms. The second-order valence-corrected chi connectivity index (χ2v) is 3.94. The van der Waals surface area contributed by atoms with Gasteiger partial charge in [-0.2, -0.15) is 5.10 Å². The Morgan fingerprint density at radius 1 is 1.38 bits per heavy atom. The van der Waals surface area contributed by atoms with Crippen LogP contribution < -0.4 is 5.43 Å². The third-order valence-electron chi connectivity index (χ3n) is 1.94. The second kappa shape index (κ2) is 5.90. The molecule has 0 aliphatic carbocycles. The first-order chi connectivity index (χ1) is 7.59. The van der Waals surface area contributed by atoms with Gasteiger partial charge in [-0.1, -0.05) is 32.0 Å². The molecule has 4 nitrogen and oxygen atoms in total. The lowest BCUT2D eigenvalue weighted by Crippen LogP contribution is -2.17. The standard InChI is InChI=1S/C12H16N2O2/c1-9(2)8-11(12(15)16)14-13-10-6-4-3-5-7-10/h3-7,9,13H,8H2,1-2H3,(H,15,16)/b14-11+. The number of nitrogens with one attached hydrogen (secondary N) is 1. The summed E-state index contributed by atoms with van der Waals surface area (Å²) in [6.07, 6.45) is 0.454. The molecule has 0 bridgehead atoms. The highest BCUT2D eigenvalue weighted by molar-refractivity contribution is 6.35. The molecule has 0 amide bonds. The van der Waals surface area contributed by atoms with Crippen LogP contribution in [0.3, 0.4) is 0 Å². The minimum Gasteiger partial charge on any atom is -0.477 e. The van der Waals surface area contributed by atoms with Crippen LogP contribution in [0.2, 0.25) is 0 Å². The number of carbonyl (C=O) groups is 1. The predicted octanol–water partition coefficient (Wildman–Crippen LogP) is 2.59. The minimum atomic E-state index is -0.975. The van der Waals surface area contributed by atoms with Crippen molar-refractivity contribution in [2.24, 2.45) is 11.0 Å². The van der Waals surface area contributed by atoms with Crippen molar-refractivity contribution in [3.63, 3.8) is 0 Å². The number of hydrazone groups is 1. The Hall–Kier alpha value is -1.84. The van der Waals surface area contributed by atoms with Gasteiger partial charge in [0.05, 0.1) is 5.69 Å². The van der Waals surface area contributed by atoms with Crippen LogP contribution in [0.4, 0.5) is 5.69 Å². The van der Waals surface area contributed by atoms with Gasteiger partial charge < -0.3 is 5.11 Å². The van der Waals surface area contributed by atoms with Crippen LogP contribution in [0.1, 0.15) is 20.3 Å². The number of benzene rings is 1. The van der Waals surface area contributed by atoms with E-state index < -0.39 is 5.97 Å². The van der Waals surface area contributed by atoms with Crippen molar-refractivity contribution in [3.05, 3.63) is 30.3 Å². The summed E-state index contributed by atoms with van der Waals surface area (Å²) in [7, 11) is 0. The van der Waals surface area contributed by atoms with E-state index in [1.165, 1.54) is 0 Å². The lowest BCUT2D eigenvalue weighted by atomic mass is 10.1. The molecule has 4 heteroatoms.